The lowest BCUT2D eigenvalue weighted by Gasteiger charge is -2.54. The van der Waals surface area contributed by atoms with E-state index in [0.29, 0.717) is 12.6 Å². The van der Waals surface area contributed by atoms with Gasteiger partial charge in [0.2, 0.25) is 0 Å². The van der Waals surface area contributed by atoms with Crippen molar-refractivity contribution in [2.45, 2.75) is 43.7 Å². The normalized spacial score (nSPS) is 42.5. The van der Waals surface area contributed by atoms with Gasteiger partial charge in [0.15, 0.2) is 0 Å². The minimum Gasteiger partial charge on any atom is -0.313 e. The van der Waals surface area contributed by atoms with Gasteiger partial charge in [0.05, 0.1) is 0 Å². The largest absolute Gasteiger partial charge is 0.441 e. The van der Waals surface area contributed by atoms with Gasteiger partial charge in [-0.1, -0.05) is 0 Å². The average Bonchev–Trinajstić information content (AvgIpc) is 2.24. The topological polar surface area (TPSA) is 12.0 Å². The fourth-order valence-electron chi connectivity index (χ4n) is 4.65. The summed E-state index contributed by atoms with van der Waals surface area (Å²) in [5.74, 6) is 3.49. The zero-order valence-corrected chi connectivity index (χ0v) is 11.2. The summed E-state index contributed by atoms with van der Waals surface area (Å²) in [7, 11) is 0. The molecule has 4 aliphatic carbocycles. The predicted molar refractivity (Wildman–Crippen MR) is 67.3 cm³/mol. The summed E-state index contributed by atoms with van der Waals surface area (Å²) in [5.41, 5.74) is -4.08. The Bertz CT molecular complexity index is 277. The number of hydrogen-bond donors (Lipinski definition) is 1. The van der Waals surface area contributed by atoms with Gasteiger partial charge in [-0.3, -0.25) is 0 Å². The van der Waals surface area contributed by atoms with Crippen LogP contribution in [0.5, 0.6) is 0 Å². The number of halogens is 3. The second-order valence-electron chi connectivity index (χ2n) is 6.20. The SMILES string of the molecule is FC(F)(F)SCCNC1C2CC3CC(C2)CC1C3. The van der Waals surface area contributed by atoms with Crippen molar-refractivity contribution < 1.29 is 13.2 Å². The quantitative estimate of drug-likeness (QED) is 0.788. The summed E-state index contributed by atoms with van der Waals surface area (Å²) in [6.45, 7) is 0.497. The average molecular weight is 279 g/mol. The van der Waals surface area contributed by atoms with Gasteiger partial charge in [0.1, 0.15) is 0 Å². The van der Waals surface area contributed by atoms with Gasteiger partial charge in [-0.05, 0) is 67.5 Å². The number of nitrogens with one attached hydrogen (secondary N) is 1. The Balaban J connectivity index is 1.46. The molecule has 1 N–H and O–H groups in total. The Kier molecular flexibility index (Phi) is 3.56. The second kappa shape index (κ2) is 4.89. The minimum absolute atomic E-state index is 0.0970. The number of hydrogen-bond acceptors (Lipinski definition) is 2. The van der Waals surface area contributed by atoms with E-state index in [4.69, 9.17) is 0 Å². The van der Waals surface area contributed by atoms with Crippen molar-refractivity contribution in [1.29, 1.82) is 0 Å². The van der Waals surface area contributed by atoms with Crippen LogP contribution in [0.4, 0.5) is 13.2 Å². The van der Waals surface area contributed by atoms with Gasteiger partial charge < -0.3 is 5.32 Å². The zero-order chi connectivity index (χ0) is 12.8. The van der Waals surface area contributed by atoms with Crippen LogP contribution in [0.15, 0.2) is 0 Å². The highest BCUT2D eigenvalue weighted by molar-refractivity contribution is 8.00. The molecule has 18 heavy (non-hydrogen) atoms. The fraction of sp³-hybridized carbons (Fsp3) is 1.00. The molecule has 4 fully saturated rings. The Morgan fingerprint density at radius 2 is 1.50 bits per heavy atom. The maximum Gasteiger partial charge on any atom is 0.441 e. The number of alkyl halides is 3. The van der Waals surface area contributed by atoms with Crippen LogP contribution in [0.25, 0.3) is 0 Å². The summed E-state index contributed by atoms with van der Waals surface area (Å²) < 4.78 is 36.1. The number of rotatable bonds is 4. The molecule has 0 atom stereocenters. The van der Waals surface area contributed by atoms with Gasteiger partial charge in [-0.25, -0.2) is 0 Å². The first-order chi connectivity index (χ1) is 8.51. The van der Waals surface area contributed by atoms with Crippen molar-refractivity contribution in [3.05, 3.63) is 0 Å². The van der Waals surface area contributed by atoms with E-state index in [2.05, 4.69) is 5.32 Å². The van der Waals surface area contributed by atoms with Crippen LogP contribution in [-0.4, -0.2) is 23.8 Å². The molecule has 4 saturated carbocycles. The van der Waals surface area contributed by atoms with Crippen molar-refractivity contribution >= 4 is 11.8 Å². The fourth-order valence-corrected chi connectivity index (χ4v) is 5.10. The number of thioether (sulfide) groups is 1. The third-order valence-corrected chi connectivity index (χ3v) is 5.71. The molecular formula is C13H20F3NS. The molecule has 0 amide bonds. The van der Waals surface area contributed by atoms with Crippen LogP contribution in [0, 0.1) is 23.7 Å². The van der Waals surface area contributed by atoms with Crippen LogP contribution >= 0.6 is 11.8 Å². The molecule has 4 rings (SSSR count). The lowest BCUT2D eigenvalue weighted by molar-refractivity contribution is -0.0329. The van der Waals surface area contributed by atoms with E-state index in [0.717, 1.165) is 23.7 Å². The molecule has 0 aromatic rings. The van der Waals surface area contributed by atoms with E-state index < -0.39 is 5.51 Å². The van der Waals surface area contributed by atoms with Crippen LogP contribution in [-0.2, 0) is 0 Å². The van der Waals surface area contributed by atoms with Gasteiger partial charge >= 0.3 is 5.51 Å². The highest BCUT2D eigenvalue weighted by Crippen LogP contribution is 2.53. The van der Waals surface area contributed by atoms with Gasteiger partial charge in [-0.15, -0.1) is 0 Å². The van der Waals surface area contributed by atoms with E-state index >= 15 is 0 Å². The lowest BCUT2D eigenvalue weighted by Crippen LogP contribution is -2.54. The van der Waals surface area contributed by atoms with E-state index in [9.17, 15) is 13.2 Å². The molecule has 0 saturated heterocycles. The van der Waals surface area contributed by atoms with E-state index in [-0.39, 0.29) is 17.5 Å². The Labute approximate surface area is 110 Å². The maximum atomic E-state index is 12.0. The van der Waals surface area contributed by atoms with Crippen LogP contribution in [0.2, 0.25) is 0 Å². The van der Waals surface area contributed by atoms with Gasteiger partial charge in [-0.2, -0.15) is 13.2 Å². The highest BCUT2D eigenvalue weighted by atomic mass is 32.2. The van der Waals surface area contributed by atoms with Crippen LogP contribution in [0.3, 0.4) is 0 Å². The summed E-state index contributed by atoms with van der Waals surface area (Å²) in [6, 6.07) is 0.506. The van der Waals surface area contributed by atoms with Crippen molar-refractivity contribution in [2.75, 3.05) is 12.3 Å². The molecule has 104 valence electrons. The highest BCUT2D eigenvalue weighted by Gasteiger charge is 2.47. The molecule has 1 nitrogen and oxygen atoms in total. The molecular weight excluding hydrogens is 259 g/mol. The zero-order valence-electron chi connectivity index (χ0n) is 10.4. The van der Waals surface area contributed by atoms with E-state index in [1.165, 1.54) is 32.1 Å². The molecule has 5 heteroatoms. The predicted octanol–water partition coefficient (Wildman–Crippen LogP) is 3.65. The molecule has 0 aliphatic heterocycles. The Morgan fingerprint density at radius 3 is 2.00 bits per heavy atom. The summed E-state index contributed by atoms with van der Waals surface area (Å²) in [4.78, 5) is 0. The molecule has 4 aliphatic rings. The lowest BCUT2D eigenvalue weighted by atomic mass is 9.54. The van der Waals surface area contributed by atoms with Crippen LogP contribution < -0.4 is 5.32 Å². The first kappa shape index (κ1) is 13.1. The van der Waals surface area contributed by atoms with Gasteiger partial charge in [0, 0.05) is 18.3 Å². The standard InChI is InChI=1S/C13H20F3NS/c14-13(15,16)18-2-1-17-12-10-4-8-3-9(6-10)7-11(12)5-8/h8-12,17H,1-7H2. The third-order valence-electron chi connectivity index (χ3n) is 4.97. The van der Waals surface area contributed by atoms with Crippen molar-refractivity contribution in [1.82, 2.24) is 5.32 Å². The minimum atomic E-state index is -4.08. The van der Waals surface area contributed by atoms with E-state index in [1.807, 2.05) is 0 Å². The van der Waals surface area contributed by atoms with Gasteiger partial charge in [0.25, 0.3) is 0 Å². The summed E-state index contributed by atoms with van der Waals surface area (Å²) in [5, 5.41) is 3.42. The van der Waals surface area contributed by atoms with Crippen molar-refractivity contribution in [3.8, 4) is 0 Å². The summed E-state index contributed by atoms with van der Waals surface area (Å²) in [6.07, 6.45) is 6.69. The first-order valence-corrected chi connectivity index (χ1v) is 7.94. The third kappa shape index (κ3) is 2.82. The molecule has 0 unspecified atom stereocenters. The molecule has 0 spiro atoms. The second-order valence-corrected chi connectivity index (χ2v) is 7.36. The maximum absolute atomic E-state index is 12.0. The summed E-state index contributed by atoms with van der Waals surface area (Å²) >= 11 is 0.0970. The molecule has 0 heterocycles. The smallest absolute Gasteiger partial charge is 0.313 e. The first-order valence-electron chi connectivity index (χ1n) is 6.95. The molecule has 0 radical (unpaired) electrons. The van der Waals surface area contributed by atoms with Crippen molar-refractivity contribution in [3.63, 3.8) is 0 Å². The van der Waals surface area contributed by atoms with E-state index in [1.54, 1.807) is 0 Å². The molecule has 0 aromatic heterocycles. The van der Waals surface area contributed by atoms with Crippen molar-refractivity contribution in [2.24, 2.45) is 23.7 Å². The van der Waals surface area contributed by atoms with Crippen LogP contribution in [0.1, 0.15) is 32.1 Å². The monoisotopic (exact) mass is 279 g/mol. The Hall–Kier alpha value is 0.1000. The molecule has 4 bridgehead atoms. The molecule has 0 aromatic carbocycles. The Morgan fingerprint density at radius 1 is 0.944 bits per heavy atom.